The minimum absolute atomic E-state index is 0.575. The molecule has 0 saturated carbocycles. The number of aromatic nitrogens is 5. The van der Waals surface area contributed by atoms with Crippen LogP contribution in [0, 0.1) is 0 Å². The second-order valence-corrected chi connectivity index (χ2v) is 16.4. The summed E-state index contributed by atoms with van der Waals surface area (Å²) >= 11 is 0. The van der Waals surface area contributed by atoms with Gasteiger partial charge in [-0.05, 0) is 80.6 Å². The molecule has 13 rings (SSSR count). The molecule has 0 unspecified atom stereocenters. The van der Waals surface area contributed by atoms with Crippen LogP contribution in [0.5, 0.6) is 0 Å². The van der Waals surface area contributed by atoms with Crippen molar-refractivity contribution in [3.8, 4) is 67.8 Å². The lowest BCUT2D eigenvalue weighted by molar-refractivity contribution is 0.954. The van der Waals surface area contributed by atoms with Crippen LogP contribution in [0.1, 0.15) is 0 Å². The summed E-state index contributed by atoms with van der Waals surface area (Å²) in [4.78, 5) is 15.8. The van der Waals surface area contributed by atoms with E-state index in [9.17, 15) is 0 Å². The van der Waals surface area contributed by atoms with Crippen LogP contribution >= 0.6 is 0 Å². The average Bonchev–Trinajstić information content (AvgIpc) is 3.90. The summed E-state index contributed by atoms with van der Waals surface area (Å²) < 4.78 is 4.62. The van der Waals surface area contributed by atoms with Crippen LogP contribution in [0.3, 0.4) is 0 Å². The highest BCUT2D eigenvalue weighted by Crippen LogP contribution is 2.44. The molecule has 0 amide bonds. The van der Waals surface area contributed by atoms with Crippen LogP contribution in [-0.2, 0) is 0 Å². The van der Waals surface area contributed by atoms with Crippen molar-refractivity contribution in [1.82, 2.24) is 24.1 Å². The summed E-state index contributed by atoms with van der Waals surface area (Å²) in [5.74, 6) is 1.81. The van der Waals surface area contributed by atoms with Gasteiger partial charge in [-0.25, -0.2) is 4.98 Å². The molecule has 5 heteroatoms. The lowest BCUT2D eigenvalue weighted by atomic mass is 9.94. The first-order chi connectivity index (χ1) is 31.7. The number of nitrogens with zero attached hydrogens (tertiary/aromatic N) is 5. The summed E-state index contributed by atoms with van der Waals surface area (Å²) in [5, 5.41) is 7.22. The Balaban J connectivity index is 1.01. The summed E-state index contributed by atoms with van der Waals surface area (Å²) in [6.07, 6.45) is 0. The molecule has 0 fully saturated rings. The fourth-order valence-corrected chi connectivity index (χ4v) is 9.76. The molecule has 0 radical (unpaired) electrons. The normalized spacial score (nSPS) is 11.8. The number of benzene rings is 10. The van der Waals surface area contributed by atoms with Crippen molar-refractivity contribution in [1.29, 1.82) is 0 Å². The van der Waals surface area contributed by atoms with Gasteiger partial charge in [0, 0.05) is 38.4 Å². The van der Waals surface area contributed by atoms with Gasteiger partial charge in [-0.15, -0.1) is 0 Å². The van der Waals surface area contributed by atoms with E-state index in [-0.39, 0.29) is 0 Å². The maximum absolute atomic E-state index is 5.31. The quantitative estimate of drug-likeness (QED) is 0.151. The first-order valence-electron chi connectivity index (χ1n) is 21.7. The van der Waals surface area contributed by atoms with E-state index >= 15 is 0 Å². The smallest absolute Gasteiger partial charge is 0.238 e. The molecule has 0 atom stereocenters. The van der Waals surface area contributed by atoms with Crippen molar-refractivity contribution in [2.45, 2.75) is 0 Å². The molecule has 0 aliphatic rings. The zero-order valence-electron chi connectivity index (χ0n) is 34.6. The highest BCUT2D eigenvalue weighted by Gasteiger charge is 2.23. The van der Waals surface area contributed by atoms with E-state index < -0.39 is 0 Å². The fourth-order valence-electron chi connectivity index (χ4n) is 9.76. The average molecular weight is 816 g/mol. The fraction of sp³-hybridized carbons (Fsp3) is 0. The third-order valence-electron chi connectivity index (χ3n) is 12.8. The highest BCUT2D eigenvalue weighted by atomic mass is 15.2. The van der Waals surface area contributed by atoms with Gasteiger partial charge in [-0.3, -0.25) is 4.57 Å². The van der Waals surface area contributed by atoms with Gasteiger partial charge < -0.3 is 4.57 Å². The Morgan fingerprint density at radius 2 is 0.797 bits per heavy atom. The Morgan fingerprint density at radius 1 is 0.281 bits per heavy atom. The minimum Gasteiger partial charge on any atom is -0.309 e. The van der Waals surface area contributed by atoms with Crippen LogP contribution < -0.4 is 0 Å². The first kappa shape index (κ1) is 36.0. The number of para-hydroxylation sites is 2. The van der Waals surface area contributed by atoms with E-state index in [2.05, 4.69) is 221 Å². The van der Waals surface area contributed by atoms with Crippen molar-refractivity contribution in [3.05, 3.63) is 224 Å². The number of fused-ring (bicyclic) bond motifs is 3. The SMILES string of the molecule is c1ccc(-c2ccc(-c3nc(-c4ccc(-c5ccccc5)cc4)nc(-n4c5cccc6ccc7c(-c8ccc9c%10ccccc%10n(-c%10ccccc%10)c9c8)ccc4c7c65)n3)cc2)cc1. The molecule has 64 heavy (non-hydrogen) atoms. The molecule has 0 saturated heterocycles. The molecule has 0 aliphatic carbocycles. The molecule has 0 N–H and O–H groups in total. The van der Waals surface area contributed by atoms with Crippen LogP contribution in [-0.4, -0.2) is 24.1 Å². The molecule has 5 nitrogen and oxygen atoms in total. The molecular weight excluding hydrogens is 779 g/mol. The van der Waals surface area contributed by atoms with E-state index in [1.807, 2.05) is 12.1 Å². The van der Waals surface area contributed by atoms with Crippen molar-refractivity contribution in [3.63, 3.8) is 0 Å². The molecule has 3 aromatic heterocycles. The topological polar surface area (TPSA) is 48.5 Å². The monoisotopic (exact) mass is 815 g/mol. The summed E-state index contributed by atoms with van der Waals surface area (Å²) in [6.45, 7) is 0. The molecule has 0 bridgehead atoms. The highest BCUT2D eigenvalue weighted by molar-refractivity contribution is 6.26. The van der Waals surface area contributed by atoms with Gasteiger partial charge in [-0.1, -0.05) is 188 Å². The molecule has 0 spiro atoms. The predicted molar refractivity (Wildman–Crippen MR) is 264 cm³/mol. The summed E-state index contributed by atoms with van der Waals surface area (Å²) in [6, 6.07) is 79.8. The van der Waals surface area contributed by atoms with Gasteiger partial charge in [0.15, 0.2) is 11.6 Å². The lowest BCUT2D eigenvalue weighted by Crippen LogP contribution is -2.06. The lowest BCUT2D eigenvalue weighted by Gasteiger charge is -2.12. The molecule has 0 aliphatic heterocycles. The van der Waals surface area contributed by atoms with Crippen molar-refractivity contribution < 1.29 is 0 Å². The van der Waals surface area contributed by atoms with Gasteiger partial charge in [0.1, 0.15) is 0 Å². The van der Waals surface area contributed by atoms with E-state index in [0.717, 1.165) is 44.5 Å². The molecule has 298 valence electrons. The van der Waals surface area contributed by atoms with E-state index in [1.54, 1.807) is 0 Å². The van der Waals surface area contributed by atoms with Crippen LogP contribution in [0.15, 0.2) is 224 Å². The van der Waals surface area contributed by atoms with Gasteiger partial charge in [0.2, 0.25) is 5.95 Å². The zero-order valence-corrected chi connectivity index (χ0v) is 34.6. The van der Waals surface area contributed by atoms with Crippen LogP contribution in [0.4, 0.5) is 0 Å². The molecular formula is C59H37N5. The number of hydrogen-bond donors (Lipinski definition) is 0. The van der Waals surface area contributed by atoms with Gasteiger partial charge in [-0.2, -0.15) is 9.97 Å². The standard InChI is InChI=1S/C59H37N5/c1-4-13-38(14-5-1)40-23-27-43(28-24-40)57-60-58(44-29-25-41(26-30-44)39-15-6-2-7-16-39)62-59(61-57)64-52-22-12-17-42-31-34-50-47(35-36-53(64)56(50)55(42)52)45-32-33-49-48-20-10-11-21-51(48)63(54(49)37-45)46-18-8-3-9-19-46/h1-37H. The Hall–Kier alpha value is -8.67. The third kappa shape index (κ3) is 5.75. The Morgan fingerprint density at radius 3 is 1.47 bits per heavy atom. The second kappa shape index (κ2) is 14.5. The minimum atomic E-state index is 0.575. The Kier molecular flexibility index (Phi) is 8.15. The number of hydrogen-bond acceptors (Lipinski definition) is 3. The molecule has 3 heterocycles. The Bertz CT molecular complexity index is 3750. The van der Waals surface area contributed by atoms with E-state index in [1.165, 1.54) is 60.0 Å². The number of rotatable bonds is 7. The molecule has 13 aromatic rings. The van der Waals surface area contributed by atoms with Gasteiger partial charge in [0.25, 0.3) is 0 Å². The Labute approximate surface area is 369 Å². The largest absolute Gasteiger partial charge is 0.309 e. The maximum atomic E-state index is 5.31. The predicted octanol–water partition coefficient (Wildman–Crippen LogP) is 15.0. The second-order valence-electron chi connectivity index (χ2n) is 16.4. The van der Waals surface area contributed by atoms with Crippen molar-refractivity contribution in [2.24, 2.45) is 0 Å². The van der Waals surface area contributed by atoms with E-state index in [0.29, 0.717) is 17.6 Å². The van der Waals surface area contributed by atoms with Crippen LogP contribution in [0.25, 0.3) is 122 Å². The van der Waals surface area contributed by atoms with Gasteiger partial charge >= 0.3 is 0 Å². The van der Waals surface area contributed by atoms with E-state index in [4.69, 9.17) is 15.0 Å². The summed E-state index contributed by atoms with van der Waals surface area (Å²) in [7, 11) is 0. The van der Waals surface area contributed by atoms with Crippen molar-refractivity contribution in [2.75, 3.05) is 0 Å². The molecule has 10 aromatic carbocycles. The van der Waals surface area contributed by atoms with Crippen molar-refractivity contribution >= 4 is 54.4 Å². The third-order valence-corrected chi connectivity index (χ3v) is 12.8. The summed E-state index contributed by atoms with van der Waals surface area (Å²) in [5.41, 5.74) is 14.4. The zero-order chi connectivity index (χ0) is 42.1. The van der Waals surface area contributed by atoms with Crippen LogP contribution in [0.2, 0.25) is 0 Å². The first-order valence-corrected chi connectivity index (χ1v) is 21.7. The maximum Gasteiger partial charge on any atom is 0.238 e. The van der Waals surface area contributed by atoms with Gasteiger partial charge in [0.05, 0.1) is 22.1 Å².